The normalized spacial score (nSPS) is 11.2. The summed E-state index contributed by atoms with van der Waals surface area (Å²) in [7, 11) is 0. The molecule has 0 heterocycles. The van der Waals surface area contributed by atoms with E-state index in [1.54, 1.807) is 0 Å². The summed E-state index contributed by atoms with van der Waals surface area (Å²) in [6.45, 7) is 6.13. The van der Waals surface area contributed by atoms with E-state index < -0.39 is 36.4 Å². The third-order valence-corrected chi connectivity index (χ3v) is 3.12. The highest BCUT2D eigenvalue weighted by Gasteiger charge is 2.40. The molecular weight excluding hydrogens is 318 g/mol. The molecule has 1 aromatic carbocycles. The molecule has 0 saturated heterocycles. The number of carboxylic acid groups (broad SMARTS) is 3. The first-order valence-corrected chi connectivity index (χ1v) is 7.04. The Bertz CT molecular complexity index is 589. The number of aliphatic hydroxyl groups is 1. The van der Waals surface area contributed by atoms with Gasteiger partial charge in [0.1, 0.15) is 0 Å². The van der Waals surface area contributed by atoms with Crippen molar-refractivity contribution in [2.45, 2.75) is 44.8 Å². The van der Waals surface area contributed by atoms with Crippen LogP contribution in [0.5, 0.6) is 0 Å². The molecule has 1 rings (SSSR count). The summed E-state index contributed by atoms with van der Waals surface area (Å²) in [6, 6.07) is 8.22. The fourth-order valence-corrected chi connectivity index (χ4v) is 2.01. The van der Waals surface area contributed by atoms with Gasteiger partial charge in [-0.15, -0.1) is 0 Å². The Morgan fingerprint density at radius 2 is 1.42 bits per heavy atom. The molecule has 1 aromatic rings. The van der Waals surface area contributed by atoms with E-state index in [1.807, 2.05) is 26.0 Å². The molecule has 0 fully saturated rings. The van der Waals surface area contributed by atoms with Crippen molar-refractivity contribution in [3.8, 4) is 0 Å². The number of nitrogens with two attached hydrogens (primary N) is 1. The summed E-state index contributed by atoms with van der Waals surface area (Å²) >= 11 is 0. The van der Waals surface area contributed by atoms with E-state index in [2.05, 4.69) is 19.1 Å². The lowest BCUT2D eigenvalue weighted by Gasteiger charge is -2.21. The summed E-state index contributed by atoms with van der Waals surface area (Å²) in [5, 5.41) is 33.8. The molecule has 0 aliphatic heterocycles. The Kier molecular flexibility index (Phi) is 7.56. The standard InChI is InChI=1S/C10H15N.C6H8O7/c1-8-6-4-5-7-9(8)10(2,3)11;7-3(8)1-6(13,5(11)12)2-4(9)10/h4-7H,11H2,1-3H3;13H,1-2H2,(H,7,8)(H,9,10)(H,11,12). The van der Waals surface area contributed by atoms with Gasteiger partial charge in [0.25, 0.3) is 0 Å². The molecule has 8 heteroatoms. The molecule has 24 heavy (non-hydrogen) atoms. The lowest BCUT2D eigenvalue weighted by molar-refractivity contribution is -0.170. The molecule has 0 aromatic heterocycles. The Labute approximate surface area is 139 Å². The third-order valence-electron chi connectivity index (χ3n) is 3.12. The van der Waals surface area contributed by atoms with Crippen LogP contribution >= 0.6 is 0 Å². The van der Waals surface area contributed by atoms with Crippen LogP contribution in [0.15, 0.2) is 24.3 Å². The van der Waals surface area contributed by atoms with Crippen LogP contribution in [0.1, 0.15) is 37.8 Å². The fourth-order valence-electron chi connectivity index (χ4n) is 2.01. The minimum absolute atomic E-state index is 0.217. The molecular formula is C16H23NO7. The second-order valence-electron chi connectivity index (χ2n) is 6.01. The van der Waals surface area contributed by atoms with Crippen molar-refractivity contribution in [3.63, 3.8) is 0 Å². The number of hydrogen-bond acceptors (Lipinski definition) is 5. The lowest BCUT2D eigenvalue weighted by Crippen LogP contribution is -2.42. The molecule has 6 N–H and O–H groups in total. The highest BCUT2D eigenvalue weighted by atomic mass is 16.4. The number of hydrogen-bond donors (Lipinski definition) is 5. The number of carbonyl (C=O) groups is 3. The van der Waals surface area contributed by atoms with E-state index in [0.717, 1.165) is 0 Å². The van der Waals surface area contributed by atoms with E-state index >= 15 is 0 Å². The van der Waals surface area contributed by atoms with Gasteiger partial charge in [0.05, 0.1) is 12.8 Å². The van der Waals surface area contributed by atoms with E-state index in [1.165, 1.54) is 11.1 Å². The van der Waals surface area contributed by atoms with Crippen LogP contribution in [0.25, 0.3) is 0 Å². The van der Waals surface area contributed by atoms with E-state index in [-0.39, 0.29) is 5.54 Å². The molecule has 0 spiro atoms. The van der Waals surface area contributed by atoms with E-state index in [4.69, 9.17) is 26.2 Å². The van der Waals surface area contributed by atoms with Gasteiger partial charge in [0.2, 0.25) is 0 Å². The zero-order valence-electron chi connectivity index (χ0n) is 13.8. The Balaban J connectivity index is 0.000000446. The van der Waals surface area contributed by atoms with Crippen molar-refractivity contribution in [3.05, 3.63) is 35.4 Å². The van der Waals surface area contributed by atoms with Crippen LogP contribution < -0.4 is 5.73 Å². The van der Waals surface area contributed by atoms with Gasteiger partial charge in [-0.3, -0.25) is 9.59 Å². The molecule has 0 amide bonds. The monoisotopic (exact) mass is 341 g/mol. The first-order valence-electron chi connectivity index (χ1n) is 7.04. The van der Waals surface area contributed by atoms with Crippen molar-refractivity contribution in [1.29, 1.82) is 0 Å². The summed E-state index contributed by atoms with van der Waals surface area (Å²) in [4.78, 5) is 30.5. The smallest absolute Gasteiger partial charge is 0.336 e. The Morgan fingerprint density at radius 1 is 1.00 bits per heavy atom. The molecule has 134 valence electrons. The third kappa shape index (κ3) is 7.21. The summed E-state index contributed by atoms with van der Waals surface area (Å²) in [6.07, 6.45) is -2.29. The van der Waals surface area contributed by atoms with Gasteiger partial charge in [-0.1, -0.05) is 24.3 Å². The summed E-state index contributed by atoms with van der Waals surface area (Å²) in [5.74, 6) is -5.02. The second-order valence-corrected chi connectivity index (χ2v) is 6.01. The zero-order chi connectivity index (χ0) is 19.1. The Morgan fingerprint density at radius 3 is 1.67 bits per heavy atom. The minimum Gasteiger partial charge on any atom is -0.481 e. The highest BCUT2D eigenvalue weighted by Crippen LogP contribution is 2.19. The zero-order valence-corrected chi connectivity index (χ0v) is 13.8. The van der Waals surface area contributed by atoms with Crippen molar-refractivity contribution in [2.24, 2.45) is 5.73 Å². The molecule has 0 atom stereocenters. The molecule has 0 radical (unpaired) electrons. The van der Waals surface area contributed by atoms with Crippen LogP contribution in [0.2, 0.25) is 0 Å². The average Bonchev–Trinajstić information content (AvgIpc) is 2.36. The van der Waals surface area contributed by atoms with Gasteiger partial charge < -0.3 is 26.2 Å². The van der Waals surface area contributed by atoms with Crippen LogP contribution in [0.3, 0.4) is 0 Å². The quantitative estimate of drug-likeness (QED) is 0.511. The van der Waals surface area contributed by atoms with Crippen LogP contribution in [-0.4, -0.2) is 43.9 Å². The highest BCUT2D eigenvalue weighted by molar-refractivity contribution is 5.88. The molecule has 0 saturated carbocycles. The van der Waals surface area contributed by atoms with Crippen molar-refractivity contribution in [1.82, 2.24) is 0 Å². The lowest BCUT2D eigenvalue weighted by atomic mass is 9.92. The van der Waals surface area contributed by atoms with Gasteiger partial charge in [0, 0.05) is 5.54 Å². The van der Waals surface area contributed by atoms with Gasteiger partial charge >= 0.3 is 17.9 Å². The average molecular weight is 341 g/mol. The number of aryl methyl sites for hydroxylation is 1. The number of carboxylic acids is 3. The molecule has 0 unspecified atom stereocenters. The van der Waals surface area contributed by atoms with Crippen LogP contribution in [0.4, 0.5) is 0 Å². The maximum Gasteiger partial charge on any atom is 0.336 e. The van der Waals surface area contributed by atoms with Gasteiger partial charge in [-0.2, -0.15) is 0 Å². The first-order chi connectivity index (χ1) is 10.8. The minimum atomic E-state index is -2.74. The van der Waals surface area contributed by atoms with Crippen molar-refractivity contribution < 1.29 is 34.8 Å². The predicted molar refractivity (Wildman–Crippen MR) is 85.5 cm³/mol. The van der Waals surface area contributed by atoms with Gasteiger partial charge in [-0.25, -0.2) is 4.79 Å². The summed E-state index contributed by atoms with van der Waals surface area (Å²) in [5.41, 5.74) is 5.49. The summed E-state index contributed by atoms with van der Waals surface area (Å²) < 4.78 is 0. The van der Waals surface area contributed by atoms with Gasteiger partial charge in [-0.05, 0) is 31.9 Å². The van der Waals surface area contributed by atoms with Crippen molar-refractivity contribution >= 4 is 17.9 Å². The number of rotatable bonds is 6. The van der Waals surface area contributed by atoms with Crippen LogP contribution in [0, 0.1) is 6.92 Å². The number of benzene rings is 1. The molecule has 8 nitrogen and oxygen atoms in total. The topological polar surface area (TPSA) is 158 Å². The maximum atomic E-state index is 10.3. The fraction of sp³-hybridized carbons (Fsp3) is 0.438. The van der Waals surface area contributed by atoms with Crippen LogP contribution in [-0.2, 0) is 19.9 Å². The second kappa shape index (κ2) is 8.42. The SMILES string of the molecule is Cc1ccccc1C(C)(C)N.O=C(O)CC(O)(CC(=O)O)C(=O)O. The molecule has 0 aliphatic carbocycles. The Hall–Kier alpha value is -2.45. The maximum absolute atomic E-state index is 10.3. The van der Waals surface area contributed by atoms with Crippen molar-refractivity contribution in [2.75, 3.05) is 0 Å². The first kappa shape index (κ1) is 21.6. The molecule has 0 bridgehead atoms. The largest absolute Gasteiger partial charge is 0.481 e. The van der Waals surface area contributed by atoms with E-state index in [0.29, 0.717) is 0 Å². The van der Waals surface area contributed by atoms with Gasteiger partial charge in [0.15, 0.2) is 5.60 Å². The predicted octanol–water partition coefficient (Wildman–Crippen LogP) is 0.940. The molecule has 0 aliphatic rings. The number of aliphatic carboxylic acids is 3. The van der Waals surface area contributed by atoms with E-state index in [9.17, 15) is 14.4 Å².